The number of esters is 2. The van der Waals surface area contributed by atoms with Gasteiger partial charge in [0.1, 0.15) is 13.2 Å². The van der Waals surface area contributed by atoms with Crippen LogP contribution in [0.5, 0.6) is 0 Å². The Balaban J connectivity index is 0.000000917. The highest BCUT2D eigenvalue weighted by Gasteiger charge is 2.39. The van der Waals surface area contributed by atoms with Crippen molar-refractivity contribution in [3.05, 3.63) is 45.7 Å². The van der Waals surface area contributed by atoms with Gasteiger partial charge in [-0.15, -0.1) is 0 Å². The predicted octanol–water partition coefficient (Wildman–Crippen LogP) is 2.24. The van der Waals surface area contributed by atoms with Crippen LogP contribution in [0, 0.1) is 6.92 Å². The van der Waals surface area contributed by atoms with Crippen LogP contribution in [0.15, 0.2) is 23.4 Å². The molecule has 5 rings (SSSR count). The standard InChI is InChI=1S/C24H29N3O5.C2H6O/c1-15-17(3-4-19-20(15)13-31-23(19)29)5-8-25-9-6-18(7-10-25)26-11-12-27(24(26)30)21-14-32-22(28)16(21)2;1-2-3/h3-4,18H,5-14H2,1-2H3;3H,2H2,1H3. The largest absolute Gasteiger partial charge is 0.457 e. The summed E-state index contributed by atoms with van der Waals surface area (Å²) < 4.78 is 10.2. The lowest BCUT2D eigenvalue weighted by Crippen LogP contribution is -2.46. The highest BCUT2D eigenvalue weighted by Crippen LogP contribution is 2.29. The second-order valence-electron chi connectivity index (χ2n) is 9.37. The van der Waals surface area contributed by atoms with Gasteiger partial charge in [-0.1, -0.05) is 6.07 Å². The van der Waals surface area contributed by atoms with Crippen LogP contribution in [-0.4, -0.2) is 89.8 Å². The number of piperidine rings is 1. The molecule has 1 aromatic rings. The molecule has 0 atom stereocenters. The van der Waals surface area contributed by atoms with E-state index in [-0.39, 0.29) is 37.2 Å². The second kappa shape index (κ2) is 10.8. The monoisotopic (exact) mass is 485 g/mol. The fourth-order valence-electron chi connectivity index (χ4n) is 5.29. The smallest absolute Gasteiger partial charge is 0.338 e. The van der Waals surface area contributed by atoms with E-state index in [0.29, 0.717) is 30.8 Å². The molecule has 2 amide bonds. The Bertz CT molecular complexity index is 1030. The maximum absolute atomic E-state index is 13.0. The van der Waals surface area contributed by atoms with Crippen LogP contribution < -0.4 is 0 Å². The van der Waals surface area contributed by atoms with Crippen LogP contribution in [0.25, 0.3) is 0 Å². The van der Waals surface area contributed by atoms with Gasteiger partial charge in [-0.2, -0.15) is 0 Å². The van der Waals surface area contributed by atoms with Crippen molar-refractivity contribution in [1.29, 1.82) is 0 Å². The van der Waals surface area contributed by atoms with Crippen LogP contribution in [0.2, 0.25) is 0 Å². The molecule has 0 aliphatic carbocycles. The van der Waals surface area contributed by atoms with Gasteiger partial charge in [0, 0.05) is 50.9 Å². The normalized spacial score (nSPS) is 20.7. The quantitative estimate of drug-likeness (QED) is 0.639. The van der Waals surface area contributed by atoms with Gasteiger partial charge < -0.3 is 24.4 Å². The molecule has 1 aromatic carbocycles. The van der Waals surface area contributed by atoms with Crippen molar-refractivity contribution < 1.29 is 29.0 Å². The third kappa shape index (κ3) is 5.06. The number of cyclic esters (lactones) is 2. The van der Waals surface area contributed by atoms with E-state index in [2.05, 4.69) is 17.9 Å². The highest BCUT2D eigenvalue weighted by molar-refractivity contribution is 5.94. The van der Waals surface area contributed by atoms with Gasteiger partial charge in [-0.3, -0.25) is 4.90 Å². The molecule has 9 heteroatoms. The van der Waals surface area contributed by atoms with E-state index in [9.17, 15) is 14.4 Å². The van der Waals surface area contributed by atoms with Gasteiger partial charge in [0.2, 0.25) is 0 Å². The fourth-order valence-corrected chi connectivity index (χ4v) is 5.29. The molecule has 0 unspecified atom stereocenters. The number of ether oxygens (including phenoxy) is 2. The molecule has 0 radical (unpaired) electrons. The van der Waals surface area contributed by atoms with Gasteiger partial charge in [-0.25, -0.2) is 14.4 Å². The molecule has 1 N–H and O–H groups in total. The molecule has 0 bridgehead atoms. The molecule has 9 nitrogen and oxygen atoms in total. The zero-order chi connectivity index (χ0) is 25.1. The minimum absolute atomic E-state index is 0.00151. The highest BCUT2D eigenvalue weighted by atomic mass is 16.5. The molecule has 4 aliphatic rings. The number of carbonyl (C=O) groups excluding carboxylic acids is 3. The van der Waals surface area contributed by atoms with Crippen molar-refractivity contribution in [2.24, 2.45) is 0 Å². The third-order valence-electron chi connectivity index (χ3n) is 7.42. The van der Waals surface area contributed by atoms with E-state index in [1.165, 1.54) is 11.1 Å². The van der Waals surface area contributed by atoms with Crippen molar-refractivity contribution >= 4 is 18.0 Å². The summed E-state index contributed by atoms with van der Waals surface area (Å²) in [6, 6.07) is 4.19. The summed E-state index contributed by atoms with van der Waals surface area (Å²) in [6.45, 7) is 10.5. The summed E-state index contributed by atoms with van der Waals surface area (Å²) >= 11 is 0. The van der Waals surface area contributed by atoms with Crippen LogP contribution >= 0.6 is 0 Å². The maximum Gasteiger partial charge on any atom is 0.338 e. The first-order valence-corrected chi connectivity index (χ1v) is 12.4. The minimum Gasteiger partial charge on any atom is -0.457 e. The van der Waals surface area contributed by atoms with Crippen LogP contribution in [0.3, 0.4) is 0 Å². The number of carbonyl (C=O) groups is 3. The number of hydrogen-bond donors (Lipinski definition) is 1. The van der Waals surface area contributed by atoms with E-state index in [1.807, 2.05) is 11.0 Å². The predicted molar refractivity (Wildman–Crippen MR) is 129 cm³/mol. The van der Waals surface area contributed by atoms with Crippen molar-refractivity contribution in [3.63, 3.8) is 0 Å². The SMILES string of the molecule is CC1=C(N2CCN(C3CCN(CCc4ccc5c(c4C)COC5=O)CC3)C2=O)COC1=O.CCO. The first-order chi connectivity index (χ1) is 16.8. The van der Waals surface area contributed by atoms with Gasteiger partial charge in [0.05, 0.1) is 16.8 Å². The third-order valence-corrected chi connectivity index (χ3v) is 7.42. The second-order valence-corrected chi connectivity index (χ2v) is 9.37. The molecular formula is C26H35N3O6. The number of fused-ring (bicyclic) bond motifs is 1. The van der Waals surface area contributed by atoms with Crippen molar-refractivity contribution in [3.8, 4) is 0 Å². The molecule has 2 fully saturated rings. The Hall–Kier alpha value is -2.91. The van der Waals surface area contributed by atoms with Crippen LogP contribution in [-0.2, 0) is 27.3 Å². The first kappa shape index (κ1) is 25.2. The maximum atomic E-state index is 13.0. The van der Waals surface area contributed by atoms with E-state index < -0.39 is 0 Å². The fraction of sp³-hybridized carbons (Fsp3) is 0.577. The molecule has 2 saturated heterocycles. The number of aliphatic hydroxyl groups is 1. The number of nitrogens with zero attached hydrogens (tertiary/aromatic N) is 3. The van der Waals surface area contributed by atoms with E-state index in [0.717, 1.165) is 50.2 Å². The number of hydrogen-bond acceptors (Lipinski definition) is 7. The Labute approximate surface area is 206 Å². The first-order valence-electron chi connectivity index (χ1n) is 12.4. The zero-order valence-electron chi connectivity index (χ0n) is 20.8. The molecule has 0 saturated carbocycles. The summed E-state index contributed by atoms with van der Waals surface area (Å²) in [5.41, 5.74) is 5.44. The Morgan fingerprint density at radius 1 is 0.971 bits per heavy atom. The Morgan fingerprint density at radius 2 is 1.66 bits per heavy atom. The summed E-state index contributed by atoms with van der Waals surface area (Å²) in [5, 5.41) is 7.57. The molecule has 35 heavy (non-hydrogen) atoms. The number of rotatable bonds is 5. The lowest BCUT2D eigenvalue weighted by molar-refractivity contribution is -0.136. The molecule has 190 valence electrons. The minimum atomic E-state index is -0.322. The topological polar surface area (TPSA) is 99.6 Å². The van der Waals surface area contributed by atoms with Crippen molar-refractivity contribution in [2.75, 3.05) is 45.9 Å². The summed E-state index contributed by atoms with van der Waals surface area (Å²) in [7, 11) is 0. The van der Waals surface area contributed by atoms with E-state index in [4.69, 9.17) is 14.6 Å². The van der Waals surface area contributed by atoms with E-state index in [1.54, 1.807) is 18.7 Å². The van der Waals surface area contributed by atoms with Crippen LogP contribution in [0.1, 0.15) is 53.7 Å². The van der Waals surface area contributed by atoms with E-state index >= 15 is 0 Å². The summed E-state index contributed by atoms with van der Waals surface area (Å²) in [5.74, 6) is -0.539. The molecule has 4 heterocycles. The van der Waals surface area contributed by atoms with Crippen molar-refractivity contribution in [1.82, 2.24) is 14.7 Å². The van der Waals surface area contributed by atoms with Gasteiger partial charge in [-0.05, 0) is 57.2 Å². The molecule has 0 spiro atoms. The number of benzene rings is 1. The average molecular weight is 486 g/mol. The van der Waals surface area contributed by atoms with Gasteiger partial charge in [0.15, 0.2) is 0 Å². The molecule has 4 aliphatic heterocycles. The Kier molecular flexibility index (Phi) is 7.76. The average Bonchev–Trinajstić information content (AvgIpc) is 3.52. The van der Waals surface area contributed by atoms with Crippen LogP contribution in [0.4, 0.5) is 4.79 Å². The summed E-state index contributed by atoms with van der Waals surface area (Å²) in [6.07, 6.45) is 2.85. The molecular weight excluding hydrogens is 450 g/mol. The number of likely N-dealkylation sites (tertiary alicyclic amines) is 1. The lowest BCUT2D eigenvalue weighted by atomic mass is 9.96. The number of aliphatic hydroxyl groups excluding tert-OH is 1. The number of amides is 2. The van der Waals surface area contributed by atoms with Gasteiger partial charge >= 0.3 is 18.0 Å². The summed E-state index contributed by atoms with van der Waals surface area (Å²) in [4.78, 5) is 42.5. The van der Waals surface area contributed by atoms with Gasteiger partial charge in [0.25, 0.3) is 0 Å². The Morgan fingerprint density at radius 3 is 2.31 bits per heavy atom. The zero-order valence-corrected chi connectivity index (χ0v) is 20.8. The number of urea groups is 1. The lowest BCUT2D eigenvalue weighted by Gasteiger charge is -2.36. The molecule has 0 aromatic heterocycles. The van der Waals surface area contributed by atoms with Crippen molar-refractivity contribution in [2.45, 2.75) is 52.7 Å².